The van der Waals surface area contributed by atoms with Gasteiger partial charge in [-0.25, -0.2) is 0 Å². The van der Waals surface area contributed by atoms with E-state index in [2.05, 4.69) is 15.5 Å². The summed E-state index contributed by atoms with van der Waals surface area (Å²) in [5.74, 6) is 0. The standard InChI is InChI=1S/C17H13Cl2N3/c1-11-8-17(13-4-2-3-5-16(13)21-11)22-20-10-12-6-7-14(18)15(19)9-12/h2-10H,1H3,(H,21,22)/b20-10-. The van der Waals surface area contributed by atoms with Crippen LogP contribution in [-0.4, -0.2) is 11.2 Å². The molecule has 5 heteroatoms. The van der Waals surface area contributed by atoms with E-state index in [9.17, 15) is 0 Å². The van der Waals surface area contributed by atoms with Gasteiger partial charge in [0.2, 0.25) is 0 Å². The van der Waals surface area contributed by atoms with Crippen molar-refractivity contribution in [2.24, 2.45) is 5.10 Å². The van der Waals surface area contributed by atoms with E-state index in [-0.39, 0.29) is 0 Å². The summed E-state index contributed by atoms with van der Waals surface area (Å²) < 4.78 is 0. The molecule has 0 amide bonds. The molecule has 3 aromatic rings. The van der Waals surface area contributed by atoms with E-state index >= 15 is 0 Å². The smallest absolute Gasteiger partial charge is 0.0726 e. The van der Waals surface area contributed by atoms with E-state index in [4.69, 9.17) is 23.2 Å². The minimum absolute atomic E-state index is 0.510. The molecule has 2 aromatic carbocycles. The van der Waals surface area contributed by atoms with E-state index < -0.39 is 0 Å². The van der Waals surface area contributed by atoms with Crippen LogP contribution < -0.4 is 5.43 Å². The first kappa shape index (κ1) is 14.8. The second-order valence-electron chi connectivity index (χ2n) is 4.87. The molecular formula is C17H13Cl2N3. The largest absolute Gasteiger partial charge is 0.278 e. The van der Waals surface area contributed by atoms with Gasteiger partial charge in [-0.15, -0.1) is 0 Å². The van der Waals surface area contributed by atoms with Crippen molar-refractivity contribution in [2.45, 2.75) is 6.92 Å². The molecule has 0 aliphatic heterocycles. The number of pyridine rings is 1. The third-order valence-electron chi connectivity index (χ3n) is 3.19. The Balaban J connectivity index is 1.87. The molecule has 1 N–H and O–H groups in total. The Morgan fingerprint density at radius 2 is 1.86 bits per heavy atom. The number of aromatic nitrogens is 1. The van der Waals surface area contributed by atoms with Crippen LogP contribution in [0.1, 0.15) is 11.3 Å². The predicted molar refractivity (Wildman–Crippen MR) is 94.2 cm³/mol. The molecular weight excluding hydrogens is 317 g/mol. The number of anilines is 1. The zero-order valence-electron chi connectivity index (χ0n) is 11.8. The maximum absolute atomic E-state index is 5.99. The molecule has 1 aromatic heterocycles. The van der Waals surface area contributed by atoms with Crippen molar-refractivity contribution < 1.29 is 0 Å². The van der Waals surface area contributed by atoms with Crippen LogP contribution in [0, 0.1) is 6.92 Å². The van der Waals surface area contributed by atoms with Crippen LogP contribution in [0.4, 0.5) is 5.69 Å². The average Bonchev–Trinajstić information content (AvgIpc) is 2.50. The minimum Gasteiger partial charge on any atom is -0.278 e. The summed E-state index contributed by atoms with van der Waals surface area (Å²) in [4.78, 5) is 4.50. The highest BCUT2D eigenvalue weighted by Crippen LogP contribution is 2.23. The lowest BCUT2D eigenvalue weighted by Crippen LogP contribution is -1.94. The van der Waals surface area contributed by atoms with Gasteiger partial charge in [0.25, 0.3) is 0 Å². The SMILES string of the molecule is Cc1cc(N/N=C\c2ccc(Cl)c(Cl)c2)c2ccccc2n1. The summed E-state index contributed by atoms with van der Waals surface area (Å²) in [6.45, 7) is 1.96. The van der Waals surface area contributed by atoms with Crippen LogP contribution in [0.2, 0.25) is 10.0 Å². The Morgan fingerprint density at radius 3 is 2.68 bits per heavy atom. The van der Waals surface area contributed by atoms with Crippen LogP contribution in [0.3, 0.4) is 0 Å². The molecule has 3 rings (SSSR count). The number of benzene rings is 2. The van der Waals surface area contributed by atoms with Gasteiger partial charge in [0.1, 0.15) is 0 Å². The van der Waals surface area contributed by atoms with Gasteiger partial charge in [-0.05, 0) is 36.8 Å². The van der Waals surface area contributed by atoms with Crippen molar-refractivity contribution in [2.75, 3.05) is 5.43 Å². The third kappa shape index (κ3) is 3.21. The Labute approximate surface area is 138 Å². The maximum atomic E-state index is 5.99. The van der Waals surface area contributed by atoms with E-state index in [1.54, 1.807) is 18.3 Å². The van der Waals surface area contributed by atoms with Crippen LogP contribution in [0.25, 0.3) is 10.9 Å². The van der Waals surface area contributed by atoms with Crippen molar-refractivity contribution in [3.05, 3.63) is 69.8 Å². The molecule has 0 radical (unpaired) electrons. The predicted octanol–water partition coefficient (Wildman–Crippen LogP) is 5.30. The highest BCUT2D eigenvalue weighted by atomic mass is 35.5. The molecule has 0 bridgehead atoms. The van der Waals surface area contributed by atoms with Gasteiger partial charge in [-0.1, -0.05) is 47.5 Å². The van der Waals surface area contributed by atoms with E-state index in [0.717, 1.165) is 27.8 Å². The fourth-order valence-corrected chi connectivity index (χ4v) is 2.48. The van der Waals surface area contributed by atoms with Gasteiger partial charge in [0, 0.05) is 11.1 Å². The number of aryl methyl sites for hydroxylation is 1. The number of halogens is 2. The molecule has 0 spiro atoms. The number of nitrogens with zero attached hydrogens (tertiary/aromatic N) is 2. The molecule has 0 saturated carbocycles. The number of fused-ring (bicyclic) bond motifs is 1. The van der Waals surface area contributed by atoms with Crippen molar-refractivity contribution in [3.63, 3.8) is 0 Å². The summed E-state index contributed by atoms with van der Waals surface area (Å²) in [6, 6.07) is 15.3. The number of hydrogen-bond donors (Lipinski definition) is 1. The molecule has 110 valence electrons. The summed E-state index contributed by atoms with van der Waals surface area (Å²) in [5, 5.41) is 6.34. The van der Waals surface area contributed by atoms with Crippen molar-refractivity contribution in [3.8, 4) is 0 Å². The second-order valence-corrected chi connectivity index (χ2v) is 5.69. The van der Waals surface area contributed by atoms with Crippen LogP contribution in [-0.2, 0) is 0 Å². The number of rotatable bonds is 3. The lowest BCUT2D eigenvalue weighted by atomic mass is 10.1. The molecule has 0 aliphatic carbocycles. The zero-order chi connectivity index (χ0) is 15.5. The maximum Gasteiger partial charge on any atom is 0.0726 e. The van der Waals surface area contributed by atoms with E-state index in [1.807, 2.05) is 43.3 Å². The number of para-hydroxylation sites is 1. The third-order valence-corrected chi connectivity index (χ3v) is 3.93. The Morgan fingerprint density at radius 1 is 1.05 bits per heavy atom. The highest BCUT2D eigenvalue weighted by molar-refractivity contribution is 6.42. The Hall–Kier alpha value is -2.10. The molecule has 0 unspecified atom stereocenters. The topological polar surface area (TPSA) is 37.3 Å². The molecule has 0 aliphatic rings. The van der Waals surface area contributed by atoms with Gasteiger partial charge in [0.05, 0.1) is 27.5 Å². The van der Waals surface area contributed by atoms with Gasteiger partial charge in [-0.3, -0.25) is 10.4 Å². The Bertz CT molecular complexity index is 860. The second kappa shape index (κ2) is 6.34. The first-order chi connectivity index (χ1) is 10.6. The first-order valence-corrected chi connectivity index (χ1v) is 7.49. The lowest BCUT2D eigenvalue weighted by molar-refractivity contribution is 1.24. The average molecular weight is 330 g/mol. The summed E-state index contributed by atoms with van der Waals surface area (Å²) >= 11 is 11.9. The molecule has 22 heavy (non-hydrogen) atoms. The summed E-state index contributed by atoms with van der Waals surface area (Å²) in [5.41, 5.74) is 6.73. The number of hydrazone groups is 1. The number of hydrogen-bond acceptors (Lipinski definition) is 3. The fraction of sp³-hybridized carbons (Fsp3) is 0.0588. The van der Waals surface area contributed by atoms with Gasteiger partial charge < -0.3 is 0 Å². The lowest BCUT2D eigenvalue weighted by Gasteiger charge is -2.06. The van der Waals surface area contributed by atoms with Gasteiger partial charge in [-0.2, -0.15) is 5.10 Å². The fourth-order valence-electron chi connectivity index (χ4n) is 2.17. The molecule has 0 fully saturated rings. The molecule has 1 heterocycles. The molecule has 0 saturated heterocycles. The van der Waals surface area contributed by atoms with Crippen molar-refractivity contribution in [1.29, 1.82) is 0 Å². The molecule has 3 nitrogen and oxygen atoms in total. The monoisotopic (exact) mass is 329 g/mol. The quantitative estimate of drug-likeness (QED) is 0.523. The minimum atomic E-state index is 0.510. The normalized spacial score (nSPS) is 11.2. The summed E-state index contributed by atoms with van der Waals surface area (Å²) in [6.07, 6.45) is 1.70. The van der Waals surface area contributed by atoms with Crippen molar-refractivity contribution >= 4 is 46.0 Å². The first-order valence-electron chi connectivity index (χ1n) is 6.74. The zero-order valence-corrected chi connectivity index (χ0v) is 13.4. The van der Waals surface area contributed by atoms with Crippen LogP contribution in [0.5, 0.6) is 0 Å². The van der Waals surface area contributed by atoms with Crippen LogP contribution >= 0.6 is 23.2 Å². The van der Waals surface area contributed by atoms with Gasteiger partial charge in [0.15, 0.2) is 0 Å². The van der Waals surface area contributed by atoms with E-state index in [1.165, 1.54) is 0 Å². The van der Waals surface area contributed by atoms with Crippen molar-refractivity contribution in [1.82, 2.24) is 4.98 Å². The van der Waals surface area contributed by atoms with E-state index in [0.29, 0.717) is 10.0 Å². The molecule has 0 atom stereocenters. The Kier molecular flexibility index (Phi) is 4.27. The van der Waals surface area contributed by atoms with Crippen LogP contribution in [0.15, 0.2) is 53.6 Å². The highest BCUT2D eigenvalue weighted by Gasteiger charge is 2.02. The number of nitrogens with one attached hydrogen (secondary N) is 1. The summed E-state index contributed by atoms with van der Waals surface area (Å²) in [7, 11) is 0. The van der Waals surface area contributed by atoms with Gasteiger partial charge >= 0.3 is 0 Å².